The van der Waals surface area contributed by atoms with Gasteiger partial charge in [-0.15, -0.1) is 0 Å². The summed E-state index contributed by atoms with van der Waals surface area (Å²) in [5.41, 5.74) is 2.37. The van der Waals surface area contributed by atoms with Crippen LogP contribution in [0.3, 0.4) is 0 Å². The van der Waals surface area contributed by atoms with Gasteiger partial charge < -0.3 is 0 Å². The molecule has 0 spiro atoms. The lowest BCUT2D eigenvalue weighted by atomic mass is 10.0. The summed E-state index contributed by atoms with van der Waals surface area (Å²) in [5.74, 6) is 0. The van der Waals surface area contributed by atoms with Crippen LogP contribution in [0, 0.1) is 0 Å². The van der Waals surface area contributed by atoms with E-state index in [1.165, 1.54) is 21.5 Å². The summed E-state index contributed by atoms with van der Waals surface area (Å²) in [6.07, 6.45) is 1.87. The highest BCUT2D eigenvalue weighted by Crippen LogP contribution is 2.24. The maximum atomic E-state index is 4.55. The zero-order chi connectivity index (χ0) is 14.2. The highest BCUT2D eigenvalue weighted by atomic mass is 28.3. The minimum absolute atomic E-state index is 1.08. The van der Waals surface area contributed by atoms with E-state index in [1.807, 2.05) is 12.3 Å². The van der Waals surface area contributed by atoms with Crippen LogP contribution in [-0.2, 0) is 0 Å². The maximum absolute atomic E-state index is 4.55. The summed E-state index contributed by atoms with van der Waals surface area (Å²) in [4.78, 5) is 4.55. The van der Waals surface area contributed by atoms with Gasteiger partial charge in [0.05, 0.1) is 13.8 Å². The highest BCUT2D eigenvalue weighted by Gasteiger charge is 2.21. The Morgan fingerprint density at radius 3 is 2.05 bits per heavy atom. The normalized spacial score (nSPS) is 11.8. The first kappa shape index (κ1) is 13.1. The molecule has 0 radical (unpaired) electrons. The molecule has 0 unspecified atom stereocenters. The van der Waals surface area contributed by atoms with Crippen molar-refractivity contribution < 1.29 is 0 Å². The summed E-state index contributed by atoms with van der Waals surface area (Å²) in [5, 5.41) is 4.09. The average Bonchev–Trinajstić information content (AvgIpc) is 2.46. The van der Waals surface area contributed by atoms with Crippen LogP contribution >= 0.6 is 0 Å². The number of aromatic nitrogens is 1. The number of fused-ring (bicyclic) bond motifs is 1. The topological polar surface area (TPSA) is 12.9 Å². The maximum Gasteiger partial charge on any atom is 0.0785 e. The lowest BCUT2D eigenvalue weighted by Gasteiger charge is -2.22. The Bertz CT molecular complexity index is 742. The van der Waals surface area contributed by atoms with Gasteiger partial charge in [0.25, 0.3) is 0 Å². The van der Waals surface area contributed by atoms with E-state index in [0.717, 1.165) is 5.69 Å². The highest BCUT2D eigenvalue weighted by molar-refractivity contribution is 6.89. The summed E-state index contributed by atoms with van der Waals surface area (Å²) in [7, 11) is -1.42. The molecule has 1 nitrogen and oxygen atoms in total. The van der Waals surface area contributed by atoms with Gasteiger partial charge in [-0.3, -0.25) is 4.98 Å². The van der Waals surface area contributed by atoms with E-state index in [0.29, 0.717) is 0 Å². The van der Waals surface area contributed by atoms with Crippen LogP contribution in [0.4, 0.5) is 0 Å². The second-order valence-corrected chi connectivity index (χ2v) is 11.2. The predicted octanol–water partition coefficient (Wildman–Crippen LogP) is 4.45. The van der Waals surface area contributed by atoms with Gasteiger partial charge in [-0.2, -0.15) is 0 Å². The molecule has 0 fully saturated rings. The lowest BCUT2D eigenvalue weighted by molar-refractivity contribution is 1.33. The van der Waals surface area contributed by atoms with Crippen LogP contribution in [0.1, 0.15) is 0 Å². The molecule has 0 aliphatic heterocycles. The third kappa shape index (κ3) is 2.39. The quantitative estimate of drug-likeness (QED) is 0.631. The van der Waals surface area contributed by atoms with Crippen molar-refractivity contribution in [2.24, 2.45) is 0 Å². The van der Waals surface area contributed by atoms with Gasteiger partial charge in [-0.25, -0.2) is 0 Å². The molecule has 0 aliphatic carbocycles. The van der Waals surface area contributed by atoms with Gasteiger partial charge in [-0.05, 0) is 34.5 Å². The summed E-state index contributed by atoms with van der Waals surface area (Å²) in [6, 6.07) is 19.4. The molecule has 0 atom stereocenters. The number of nitrogens with zero attached hydrogens (tertiary/aromatic N) is 1. The minimum atomic E-state index is -1.42. The summed E-state index contributed by atoms with van der Waals surface area (Å²) >= 11 is 0. The van der Waals surface area contributed by atoms with E-state index in [4.69, 9.17) is 0 Å². The van der Waals surface area contributed by atoms with Crippen molar-refractivity contribution in [2.45, 2.75) is 19.6 Å². The Morgan fingerprint density at radius 1 is 0.800 bits per heavy atom. The van der Waals surface area contributed by atoms with Crippen molar-refractivity contribution in [1.82, 2.24) is 4.98 Å². The number of benzene rings is 2. The molecule has 2 heteroatoms. The van der Waals surface area contributed by atoms with Crippen molar-refractivity contribution >= 4 is 24.0 Å². The fourth-order valence-corrected chi connectivity index (χ4v) is 4.19. The van der Waals surface area contributed by atoms with E-state index < -0.39 is 8.07 Å². The Hall–Kier alpha value is -1.93. The minimum Gasteiger partial charge on any atom is -0.256 e. The van der Waals surface area contributed by atoms with Gasteiger partial charge >= 0.3 is 0 Å². The van der Waals surface area contributed by atoms with Gasteiger partial charge in [-0.1, -0.05) is 61.2 Å². The van der Waals surface area contributed by atoms with E-state index in [1.54, 1.807) is 0 Å². The lowest BCUT2D eigenvalue weighted by Crippen LogP contribution is -2.39. The fourth-order valence-electron chi connectivity index (χ4n) is 2.59. The van der Waals surface area contributed by atoms with Crippen molar-refractivity contribution in [2.75, 3.05) is 0 Å². The molecule has 0 amide bonds. The van der Waals surface area contributed by atoms with Crippen molar-refractivity contribution in [3.8, 4) is 11.3 Å². The number of rotatable bonds is 2. The van der Waals surface area contributed by atoms with Crippen LogP contribution in [0.2, 0.25) is 19.6 Å². The third-order valence-electron chi connectivity index (χ3n) is 3.63. The largest absolute Gasteiger partial charge is 0.256 e. The number of pyridine rings is 1. The van der Waals surface area contributed by atoms with E-state index in [-0.39, 0.29) is 0 Å². The van der Waals surface area contributed by atoms with Crippen molar-refractivity contribution in [3.63, 3.8) is 0 Å². The molecule has 3 rings (SSSR count). The van der Waals surface area contributed by atoms with Crippen LogP contribution in [0.5, 0.6) is 0 Å². The summed E-state index contributed by atoms with van der Waals surface area (Å²) in [6.45, 7) is 7.18. The van der Waals surface area contributed by atoms with Crippen molar-refractivity contribution in [1.29, 1.82) is 0 Å². The summed E-state index contributed by atoms with van der Waals surface area (Å²) < 4.78 is 0. The Labute approximate surface area is 121 Å². The average molecular weight is 277 g/mol. The first-order valence-corrected chi connectivity index (χ1v) is 10.5. The number of hydrogen-bond donors (Lipinski definition) is 0. The first-order chi connectivity index (χ1) is 9.55. The fraction of sp³-hybridized carbons (Fsp3) is 0.167. The SMILES string of the molecule is C[Si](C)(C)c1cc2ccccc2cc1-c1ccccn1. The standard InChI is InChI=1S/C18H19NSi/c1-20(2,3)18-13-15-9-5-4-8-14(15)12-16(18)17-10-6-7-11-19-17/h4-13H,1-3H3. The zero-order valence-corrected chi connectivity index (χ0v) is 13.2. The second-order valence-electron chi connectivity index (χ2n) is 6.21. The molecule has 0 aliphatic rings. The van der Waals surface area contributed by atoms with Crippen LogP contribution in [-0.4, -0.2) is 13.1 Å². The Morgan fingerprint density at radius 2 is 1.45 bits per heavy atom. The molecule has 0 N–H and O–H groups in total. The Kier molecular flexibility index (Phi) is 3.18. The molecule has 3 aromatic rings. The van der Waals surface area contributed by atoms with Crippen LogP contribution in [0.25, 0.3) is 22.0 Å². The molecular weight excluding hydrogens is 258 g/mol. The molecule has 0 saturated carbocycles. The monoisotopic (exact) mass is 277 g/mol. The third-order valence-corrected chi connectivity index (χ3v) is 5.66. The van der Waals surface area contributed by atoms with Gasteiger partial charge in [0.2, 0.25) is 0 Å². The van der Waals surface area contributed by atoms with Crippen LogP contribution < -0.4 is 5.19 Å². The van der Waals surface area contributed by atoms with Gasteiger partial charge in [0.1, 0.15) is 0 Å². The zero-order valence-electron chi connectivity index (χ0n) is 12.2. The van der Waals surface area contributed by atoms with E-state index >= 15 is 0 Å². The molecule has 1 heterocycles. The molecule has 1 aromatic heterocycles. The molecule has 20 heavy (non-hydrogen) atoms. The Balaban J connectivity index is 2.33. The molecule has 2 aromatic carbocycles. The van der Waals surface area contributed by atoms with Crippen molar-refractivity contribution in [3.05, 3.63) is 60.8 Å². The van der Waals surface area contributed by atoms with E-state index in [2.05, 4.69) is 73.2 Å². The molecule has 100 valence electrons. The van der Waals surface area contributed by atoms with Gasteiger partial charge in [0, 0.05) is 6.20 Å². The smallest absolute Gasteiger partial charge is 0.0785 e. The first-order valence-electron chi connectivity index (χ1n) is 7.00. The van der Waals surface area contributed by atoms with Gasteiger partial charge in [0.15, 0.2) is 0 Å². The molecular formula is C18H19NSi. The van der Waals surface area contributed by atoms with Crippen LogP contribution in [0.15, 0.2) is 60.8 Å². The van der Waals surface area contributed by atoms with E-state index in [9.17, 15) is 0 Å². The predicted molar refractivity (Wildman–Crippen MR) is 90.2 cm³/mol. The molecule has 0 bridgehead atoms. The number of hydrogen-bond acceptors (Lipinski definition) is 1. The molecule has 0 saturated heterocycles. The second kappa shape index (κ2) is 4.87.